The molecule has 3 saturated heterocycles. The summed E-state index contributed by atoms with van der Waals surface area (Å²) < 4.78 is 22.2. The monoisotopic (exact) mass is 524 g/mol. The zero-order chi connectivity index (χ0) is 28.0. The first-order chi connectivity index (χ1) is 16.9. The number of hydrogen-bond acceptors (Lipinski definition) is 8. The summed E-state index contributed by atoms with van der Waals surface area (Å²) in [6.45, 7) is 17.3. The van der Waals surface area contributed by atoms with Gasteiger partial charge in [-0.05, 0) is 99.3 Å². The standard InChI is InChI=1S/C16H30O3.C13H18O5/c1-7-14(2,3)13(17)19-16(6)10-8-12(9-11-16)15(4,5)18;1-4-13(2,3)12(15)18-9-7-5-6-8(16-7)10(9)17-11(6)14/h12,18H,7-11H2,1-6H3;6-10H,4-5H2,1-3H3. The zero-order valence-electron chi connectivity index (χ0n) is 24.2. The number of fused-ring (bicyclic) bond motifs is 1. The molecule has 4 aliphatic rings. The average Bonchev–Trinajstić information content (AvgIpc) is 3.44. The predicted molar refractivity (Wildman–Crippen MR) is 137 cm³/mol. The van der Waals surface area contributed by atoms with Crippen LogP contribution in [0.5, 0.6) is 0 Å². The first-order valence-corrected chi connectivity index (χ1v) is 14.0. The molecule has 8 nitrogen and oxygen atoms in total. The summed E-state index contributed by atoms with van der Waals surface area (Å²) in [6.07, 6.45) is 4.44. The van der Waals surface area contributed by atoms with E-state index < -0.39 is 28.6 Å². The fraction of sp³-hybridized carbons (Fsp3) is 0.897. The third kappa shape index (κ3) is 6.32. The Kier molecular flexibility index (Phi) is 8.46. The minimum Gasteiger partial charge on any atom is -0.459 e. The molecule has 5 unspecified atom stereocenters. The van der Waals surface area contributed by atoms with Crippen LogP contribution in [0.2, 0.25) is 0 Å². The minimum absolute atomic E-state index is 0.0980. The van der Waals surface area contributed by atoms with Crippen LogP contribution in [-0.4, -0.2) is 58.6 Å². The van der Waals surface area contributed by atoms with Gasteiger partial charge in [0.25, 0.3) is 0 Å². The van der Waals surface area contributed by atoms with Gasteiger partial charge in [-0.3, -0.25) is 14.4 Å². The molecular weight excluding hydrogens is 476 g/mol. The Hall–Kier alpha value is -1.67. The largest absolute Gasteiger partial charge is 0.459 e. The molecule has 0 spiro atoms. The summed E-state index contributed by atoms with van der Waals surface area (Å²) in [5, 5.41) is 10.1. The van der Waals surface area contributed by atoms with Gasteiger partial charge in [0.2, 0.25) is 0 Å². The second-order valence-corrected chi connectivity index (χ2v) is 13.5. The normalized spacial score (nSPS) is 34.9. The summed E-state index contributed by atoms with van der Waals surface area (Å²) in [5.74, 6) is -0.391. The van der Waals surface area contributed by atoms with E-state index in [4.69, 9.17) is 18.9 Å². The molecule has 8 heteroatoms. The fourth-order valence-electron chi connectivity index (χ4n) is 5.35. The van der Waals surface area contributed by atoms with E-state index in [1.165, 1.54) is 0 Å². The molecule has 37 heavy (non-hydrogen) atoms. The molecule has 3 heterocycles. The van der Waals surface area contributed by atoms with Crippen LogP contribution in [0.3, 0.4) is 0 Å². The van der Waals surface area contributed by atoms with Crippen LogP contribution in [0.4, 0.5) is 0 Å². The SMILES string of the molecule is CCC(C)(C)C(=O)OC1(C)CCC(C(C)(C)O)CC1.CCC(C)(C)C(=O)OC1C2CC3C(=O)OC1C3O2. The van der Waals surface area contributed by atoms with Gasteiger partial charge in [0.1, 0.15) is 11.7 Å². The van der Waals surface area contributed by atoms with Gasteiger partial charge in [0, 0.05) is 0 Å². The molecule has 4 fully saturated rings. The molecule has 0 aromatic rings. The van der Waals surface area contributed by atoms with Crippen LogP contribution in [0.25, 0.3) is 0 Å². The van der Waals surface area contributed by atoms with Crippen molar-refractivity contribution in [3.05, 3.63) is 0 Å². The smallest absolute Gasteiger partial charge is 0.312 e. The lowest BCUT2D eigenvalue weighted by molar-refractivity contribution is -0.174. The molecule has 212 valence electrons. The van der Waals surface area contributed by atoms with Gasteiger partial charge in [-0.1, -0.05) is 13.8 Å². The van der Waals surface area contributed by atoms with Gasteiger partial charge in [-0.15, -0.1) is 0 Å². The number of aliphatic hydroxyl groups is 1. The Balaban J connectivity index is 0.000000206. The summed E-state index contributed by atoms with van der Waals surface area (Å²) in [6, 6.07) is 0. The third-order valence-electron chi connectivity index (χ3n) is 9.28. The van der Waals surface area contributed by atoms with E-state index in [9.17, 15) is 19.5 Å². The highest BCUT2D eigenvalue weighted by Crippen LogP contribution is 2.48. The summed E-state index contributed by atoms with van der Waals surface area (Å²) in [7, 11) is 0. The van der Waals surface area contributed by atoms with Crippen molar-refractivity contribution in [3.8, 4) is 0 Å². The van der Waals surface area contributed by atoms with Gasteiger partial charge in [0.15, 0.2) is 12.2 Å². The lowest BCUT2D eigenvalue weighted by Gasteiger charge is -2.42. The number of ether oxygens (including phenoxy) is 4. The van der Waals surface area contributed by atoms with Gasteiger partial charge in [-0.25, -0.2) is 0 Å². The Morgan fingerprint density at radius 2 is 1.51 bits per heavy atom. The first-order valence-electron chi connectivity index (χ1n) is 14.0. The summed E-state index contributed by atoms with van der Waals surface area (Å²) >= 11 is 0. The average molecular weight is 525 g/mol. The number of esters is 3. The van der Waals surface area contributed by atoms with Crippen molar-refractivity contribution in [2.45, 2.75) is 143 Å². The Labute approximate surface area is 222 Å². The molecule has 0 aromatic heterocycles. The van der Waals surface area contributed by atoms with Crippen LogP contribution in [-0.2, 0) is 33.3 Å². The molecule has 4 rings (SSSR count). The van der Waals surface area contributed by atoms with Gasteiger partial charge >= 0.3 is 17.9 Å². The molecule has 0 amide bonds. The van der Waals surface area contributed by atoms with Crippen molar-refractivity contribution in [3.63, 3.8) is 0 Å². The topological polar surface area (TPSA) is 108 Å². The lowest BCUT2D eigenvalue weighted by Crippen LogP contribution is -2.43. The van der Waals surface area contributed by atoms with Crippen LogP contribution in [0, 0.1) is 22.7 Å². The summed E-state index contributed by atoms with van der Waals surface area (Å²) in [5.41, 5.74) is -1.90. The number of rotatable bonds is 7. The highest BCUT2D eigenvalue weighted by molar-refractivity contribution is 5.79. The van der Waals surface area contributed by atoms with E-state index in [2.05, 4.69) is 0 Å². The molecule has 3 aliphatic heterocycles. The Bertz CT molecular complexity index is 862. The maximum Gasteiger partial charge on any atom is 0.312 e. The molecule has 0 radical (unpaired) electrons. The lowest BCUT2D eigenvalue weighted by atomic mass is 9.73. The molecule has 0 aromatic carbocycles. The maximum atomic E-state index is 12.2. The van der Waals surface area contributed by atoms with Crippen molar-refractivity contribution in [2.24, 2.45) is 22.7 Å². The van der Waals surface area contributed by atoms with Crippen molar-refractivity contribution < 1.29 is 38.4 Å². The third-order valence-corrected chi connectivity index (χ3v) is 9.28. The maximum absolute atomic E-state index is 12.2. The molecular formula is C29H48O8. The van der Waals surface area contributed by atoms with Crippen LogP contribution in [0.15, 0.2) is 0 Å². The molecule has 1 N–H and O–H groups in total. The molecule has 1 saturated carbocycles. The van der Waals surface area contributed by atoms with Crippen molar-refractivity contribution in [1.82, 2.24) is 0 Å². The second kappa shape index (κ2) is 10.5. The van der Waals surface area contributed by atoms with Crippen LogP contribution < -0.4 is 0 Å². The number of hydrogen-bond donors (Lipinski definition) is 1. The predicted octanol–water partition coefficient (Wildman–Crippen LogP) is 4.73. The van der Waals surface area contributed by atoms with E-state index in [1.54, 1.807) is 0 Å². The van der Waals surface area contributed by atoms with E-state index >= 15 is 0 Å². The van der Waals surface area contributed by atoms with E-state index in [0.717, 1.165) is 32.1 Å². The van der Waals surface area contributed by atoms with E-state index in [0.29, 0.717) is 18.8 Å². The Morgan fingerprint density at radius 1 is 0.973 bits per heavy atom. The molecule has 5 atom stereocenters. The van der Waals surface area contributed by atoms with E-state index in [1.807, 2.05) is 62.3 Å². The van der Waals surface area contributed by atoms with Crippen LogP contribution in [0.1, 0.15) is 107 Å². The molecule has 1 aliphatic carbocycles. The Morgan fingerprint density at radius 3 is 2.03 bits per heavy atom. The quantitative estimate of drug-likeness (QED) is 0.376. The van der Waals surface area contributed by atoms with Gasteiger partial charge in [0.05, 0.1) is 28.5 Å². The highest BCUT2D eigenvalue weighted by Gasteiger charge is 2.65. The van der Waals surface area contributed by atoms with Gasteiger partial charge < -0.3 is 24.1 Å². The van der Waals surface area contributed by atoms with E-state index in [-0.39, 0.29) is 41.6 Å². The minimum atomic E-state index is -0.631. The van der Waals surface area contributed by atoms with Gasteiger partial charge in [-0.2, -0.15) is 0 Å². The zero-order valence-corrected chi connectivity index (χ0v) is 24.2. The van der Waals surface area contributed by atoms with Crippen molar-refractivity contribution in [1.29, 1.82) is 0 Å². The van der Waals surface area contributed by atoms with Crippen molar-refractivity contribution in [2.75, 3.05) is 0 Å². The van der Waals surface area contributed by atoms with Crippen LogP contribution >= 0.6 is 0 Å². The number of carbonyl (C=O) groups excluding carboxylic acids is 3. The first kappa shape index (κ1) is 29.9. The highest BCUT2D eigenvalue weighted by atomic mass is 16.7. The van der Waals surface area contributed by atoms with Crippen molar-refractivity contribution >= 4 is 17.9 Å². The number of carbonyl (C=O) groups is 3. The molecule has 2 bridgehead atoms. The fourth-order valence-corrected chi connectivity index (χ4v) is 5.35. The second-order valence-electron chi connectivity index (χ2n) is 13.5. The summed E-state index contributed by atoms with van der Waals surface area (Å²) in [4.78, 5) is 35.8.